The number of thiophene rings is 1. The van der Waals surface area contributed by atoms with Gasteiger partial charge in [-0.05, 0) is 38.3 Å². The van der Waals surface area contributed by atoms with Crippen LogP contribution in [-0.4, -0.2) is 42.9 Å². The Morgan fingerprint density at radius 2 is 1.72 bits per heavy atom. The first-order valence-electron chi connectivity index (χ1n) is 9.76. The van der Waals surface area contributed by atoms with Gasteiger partial charge in [-0.1, -0.05) is 37.3 Å². The van der Waals surface area contributed by atoms with E-state index in [1.54, 1.807) is 11.8 Å². The number of hydrogen-bond donors (Lipinski definition) is 1. The lowest BCUT2D eigenvalue weighted by molar-refractivity contribution is -0.117. The second-order valence-corrected chi connectivity index (χ2v) is 7.61. The van der Waals surface area contributed by atoms with Gasteiger partial charge in [-0.15, -0.1) is 11.3 Å². The van der Waals surface area contributed by atoms with E-state index in [4.69, 9.17) is 4.74 Å². The van der Waals surface area contributed by atoms with E-state index in [0.717, 1.165) is 16.9 Å². The van der Waals surface area contributed by atoms with Gasteiger partial charge in [0, 0.05) is 13.1 Å². The molecule has 1 unspecified atom stereocenters. The van der Waals surface area contributed by atoms with Crippen molar-refractivity contribution in [3.63, 3.8) is 0 Å². The number of rotatable bonds is 8. The molecule has 0 aliphatic rings. The van der Waals surface area contributed by atoms with Crippen molar-refractivity contribution < 1.29 is 19.1 Å². The number of ether oxygens (including phenoxy) is 1. The van der Waals surface area contributed by atoms with Gasteiger partial charge in [-0.25, -0.2) is 4.79 Å². The Labute approximate surface area is 175 Å². The molecular weight excluding hydrogens is 388 g/mol. The maximum Gasteiger partial charge on any atom is 0.341 e. The summed E-state index contributed by atoms with van der Waals surface area (Å²) in [6.45, 7) is 8.58. The molecule has 2 rings (SSSR count). The van der Waals surface area contributed by atoms with Crippen molar-refractivity contribution in [1.29, 1.82) is 0 Å². The summed E-state index contributed by atoms with van der Waals surface area (Å²) in [5.74, 6) is -1.29. The molecule has 0 fully saturated rings. The van der Waals surface area contributed by atoms with Crippen LogP contribution < -0.4 is 5.32 Å². The maximum absolute atomic E-state index is 13.0. The lowest BCUT2D eigenvalue weighted by Gasteiger charge is -2.18. The van der Waals surface area contributed by atoms with E-state index in [9.17, 15) is 14.4 Å². The van der Waals surface area contributed by atoms with E-state index in [-0.39, 0.29) is 23.3 Å². The minimum absolute atomic E-state index is 0.154. The molecule has 7 heteroatoms. The van der Waals surface area contributed by atoms with Gasteiger partial charge in [0.05, 0.1) is 23.5 Å². The number of nitrogens with one attached hydrogen (secondary N) is 1. The van der Waals surface area contributed by atoms with Crippen molar-refractivity contribution in [3.8, 4) is 0 Å². The van der Waals surface area contributed by atoms with Crippen LogP contribution in [0, 0.1) is 6.92 Å². The second-order valence-electron chi connectivity index (χ2n) is 6.59. The summed E-state index contributed by atoms with van der Waals surface area (Å²) in [5, 5.41) is 3.23. The number of benzene rings is 1. The summed E-state index contributed by atoms with van der Waals surface area (Å²) in [6, 6.07) is 9.49. The summed E-state index contributed by atoms with van der Waals surface area (Å²) in [4.78, 5) is 40.4. The smallest absolute Gasteiger partial charge is 0.341 e. The Hall–Kier alpha value is -2.67. The fourth-order valence-corrected chi connectivity index (χ4v) is 4.43. The average Bonchev–Trinajstić information content (AvgIpc) is 3.05. The summed E-state index contributed by atoms with van der Waals surface area (Å²) < 4.78 is 4.91. The molecule has 2 aromatic rings. The molecule has 0 saturated heterocycles. The monoisotopic (exact) mass is 416 g/mol. The van der Waals surface area contributed by atoms with Gasteiger partial charge >= 0.3 is 5.97 Å². The normalized spacial score (nSPS) is 11.6. The molecule has 0 spiro atoms. The average molecular weight is 417 g/mol. The fraction of sp³-hybridized carbons (Fsp3) is 0.409. The van der Waals surface area contributed by atoms with Gasteiger partial charge in [-0.2, -0.15) is 0 Å². The zero-order valence-corrected chi connectivity index (χ0v) is 18.4. The van der Waals surface area contributed by atoms with Gasteiger partial charge < -0.3 is 15.0 Å². The number of methoxy groups -OCH3 is 1. The summed E-state index contributed by atoms with van der Waals surface area (Å²) in [5.41, 5.74) is 1.67. The highest BCUT2D eigenvalue weighted by Crippen LogP contribution is 2.35. The number of esters is 1. The number of carbonyl (C=O) groups excluding carboxylic acids is 3. The third-order valence-corrected chi connectivity index (χ3v) is 6.14. The molecule has 0 bridgehead atoms. The third-order valence-electron chi connectivity index (χ3n) is 4.94. The van der Waals surface area contributed by atoms with Gasteiger partial charge in [0.2, 0.25) is 5.91 Å². The van der Waals surface area contributed by atoms with E-state index in [1.165, 1.54) is 7.11 Å². The van der Waals surface area contributed by atoms with Crippen LogP contribution in [0.15, 0.2) is 30.3 Å². The largest absolute Gasteiger partial charge is 0.465 e. The van der Waals surface area contributed by atoms with Crippen LogP contribution in [0.3, 0.4) is 0 Å². The second kappa shape index (κ2) is 10.2. The Balaban J connectivity index is 2.43. The standard InChI is InChI=1S/C22H28N2O4S/c1-6-16(15-12-10-9-11-13-15)19(25)23-20-17(22(27)28-5)14(4)18(29-20)21(26)24(7-2)8-3/h9-13,16H,6-8H2,1-5H3,(H,23,25). The number of nitrogens with zero attached hydrogens (tertiary/aromatic N) is 1. The van der Waals surface area contributed by atoms with Gasteiger partial charge in [-0.3, -0.25) is 9.59 Å². The lowest BCUT2D eigenvalue weighted by atomic mass is 9.95. The lowest BCUT2D eigenvalue weighted by Crippen LogP contribution is -2.30. The molecule has 29 heavy (non-hydrogen) atoms. The van der Waals surface area contributed by atoms with Crippen molar-refractivity contribution in [2.24, 2.45) is 0 Å². The molecule has 0 saturated carbocycles. The zero-order valence-electron chi connectivity index (χ0n) is 17.6. The van der Waals surface area contributed by atoms with Gasteiger partial charge in [0.25, 0.3) is 5.91 Å². The third kappa shape index (κ3) is 4.85. The van der Waals surface area contributed by atoms with Crippen LogP contribution in [0.2, 0.25) is 0 Å². The Morgan fingerprint density at radius 3 is 2.24 bits per heavy atom. The van der Waals surface area contributed by atoms with Crippen molar-refractivity contribution in [2.45, 2.75) is 40.0 Å². The van der Waals surface area contributed by atoms with Crippen LogP contribution in [0.25, 0.3) is 0 Å². The molecule has 1 aromatic heterocycles. The van der Waals surface area contributed by atoms with Crippen LogP contribution in [0.4, 0.5) is 5.00 Å². The highest BCUT2D eigenvalue weighted by atomic mass is 32.1. The zero-order chi connectivity index (χ0) is 21.6. The van der Waals surface area contributed by atoms with Crippen LogP contribution in [0.5, 0.6) is 0 Å². The quantitative estimate of drug-likeness (QED) is 0.645. The highest BCUT2D eigenvalue weighted by Gasteiger charge is 2.29. The van der Waals surface area contributed by atoms with E-state index >= 15 is 0 Å². The molecule has 156 valence electrons. The first-order valence-corrected chi connectivity index (χ1v) is 10.6. The minimum Gasteiger partial charge on any atom is -0.465 e. The summed E-state index contributed by atoms with van der Waals surface area (Å²) in [6.07, 6.45) is 0.610. The first-order chi connectivity index (χ1) is 13.9. The van der Waals surface area contributed by atoms with E-state index in [0.29, 0.717) is 35.0 Å². The number of carbonyl (C=O) groups is 3. The highest BCUT2D eigenvalue weighted by molar-refractivity contribution is 7.18. The number of anilines is 1. The summed E-state index contributed by atoms with van der Waals surface area (Å²) in [7, 11) is 1.29. The Kier molecular flexibility index (Phi) is 7.96. The molecule has 1 atom stereocenters. The van der Waals surface area contributed by atoms with Crippen molar-refractivity contribution >= 4 is 34.1 Å². The molecule has 1 aromatic carbocycles. The van der Waals surface area contributed by atoms with Crippen LogP contribution >= 0.6 is 11.3 Å². The molecule has 2 amide bonds. The molecule has 1 N–H and O–H groups in total. The topological polar surface area (TPSA) is 75.7 Å². The molecule has 1 heterocycles. The Morgan fingerprint density at radius 1 is 1.10 bits per heavy atom. The predicted molar refractivity (Wildman–Crippen MR) is 116 cm³/mol. The van der Waals surface area contributed by atoms with E-state index in [2.05, 4.69) is 5.32 Å². The fourth-order valence-electron chi connectivity index (χ4n) is 3.26. The molecule has 0 radical (unpaired) electrons. The van der Waals surface area contributed by atoms with Crippen LogP contribution in [0.1, 0.15) is 64.3 Å². The van der Waals surface area contributed by atoms with Gasteiger partial charge in [0.15, 0.2) is 0 Å². The SMILES string of the molecule is CCC(C(=O)Nc1sc(C(=O)N(CC)CC)c(C)c1C(=O)OC)c1ccccc1. The number of hydrogen-bond acceptors (Lipinski definition) is 5. The Bertz CT molecular complexity index is 872. The molecule has 0 aliphatic heterocycles. The minimum atomic E-state index is -0.569. The van der Waals surface area contributed by atoms with Gasteiger partial charge in [0.1, 0.15) is 5.00 Å². The molecule has 0 aliphatic carbocycles. The predicted octanol–water partition coefficient (Wildman–Crippen LogP) is 4.46. The van der Waals surface area contributed by atoms with E-state index < -0.39 is 5.97 Å². The molecular formula is C22H28N2O4S. The maximum atomic E-state index is 13.0. The van der Waals surface area contributed by atoms with Crippen LogP contribution in [-0.2, 0) is 9.53 Å². The van der Waals surface area contributed by atoms with Crippen molar-refractivity contribution in [1.82, 2.24) is 4.90 Å². The summed E-state index contributed by atoms with van der Waals surface area (Å²) >= 11 is 1.12. The number of amides is 2. The van der Waals surface area contributed by atoms with E-state index in [1.807, 2.05) is 51.1 Å². The molecule has 6 nitrogen and oxygen atoms in total. The van der Waals surface area contributed by atoms with Crippen molar-refractivity contribution in [3.05, 3.63) is 51.9 Å². The van der Waals surface area contributed by atoms with Crippen molar-refractivity contribution in [2.75, 3.05) is 25.5 Å². The first kappa shape index (κ1) is 22.6.